The van der Waals surface area contributed by atoms with Crippen LogP contribution in [0.5, 0.6) is 0 Å². The summed E-state index contributed by atoms with van der Waals surface area (Å²) in [4.78, 5) is 11.6. The molecule has 0 unspecified atom stereocenters. The van der Waals surface area contributed by atoms with E-state index in [1.807, 2.05) is 29.6 Å². The zero-order valence-corrected chi connectivity index (χ0v) is 11.6. The first-order chi connectivity index (χ1) is 9.08. The number of carboxylic acid groups (broad SMARTS) is 1. The number of thiophene rings is 1. The van der Waals surface area contributed by atoms with Crippen LogP contribution in [0.25, 0.3) is 10.6 Å². The molecule has 0 spiro atoms. The minimum atomic E-state index is -1.08. The Bertz CT molecular complexity index is 590. The number of nitrogens with two attached hydrogens (primary N) is 1. The van der Waals surface area contributed by atoms with Crippen LogP contribution in [0, 0.1) is 0 Å². The number of hydrogen-bond donors (Lipinski definition) is 2. The number of nitrogens with one attached hydrogen (secondary N) is 1. The number of aromatic nitrogens is 1. The number of nitrogens with zero attached hydrogens (tertiary/aromatic N) is 1. The van der Waals surface area contributed by atoms with Crippen molar-refractivity contribution in [2.24, 2.45) is 5.73 Å². The van der Waals surface area contributed by atoms with E-state index in [4.69, 9.17) is 18.0 Å². The largest absolute Gasteiger partial charge is 0.550 e. The Kier molecular flexibility index (Phi) is 4.18. The van der Waals surface area contributed by atoms with E-state index in [9.17, 15) is 9.90 Å². The van der Waals surface area contributed by atoms with Crippen molar-refractivity contribution in [2.75, 3.05) is 5.43 Å². The quantitative estimate of drug-likeness (QED) is 0.793. The van der Waals surface area contributed by atoms with Gasteiger partial charge in [-0.1, -0.05) is 6.07 Å². The average Bonchev–Trinajstić information content (AvgIpc) is 2.94. The van der Waals surface area contributed by atoms with Crippen LogP contribution < -0.4 is 16.3 Å². The Balaban J connectivity index is 2.33. The summed E-state index contributed by atoms with van der Waals surface area (Å²) in [5.41, 5.74) is 10.0. The maximum absolute atomic E-state index is 10.6. The van der Waals surface area contributed by atoms with Crippen LogP contribution in [0.2, 0.25) is 0 Å². The van der Waals surface area contributed by atoms with Crippen LogP contribution in [0.4, 0.5) is 0 Å². The number of aliphatic carboxylic acids is 1. The highest BCUT2D eigenvalue weighted by molar-refractivity contribution is 7.80. The molecule has 3 N–H and O–H groups in total. The fourth-order valence-corrected chi connectivity index (χ4v) is 2.60. The Labute approximate surface area is 119 Å². The molecule has 19 heavy (non-hydrogen) atoms. The monoisotopic (exact) mass is 294 g/mol. The SMILES string of the molecule is NC(=S)Nn1c(CCC(=O)[O-])ccc1-c1cccs1. The van der Waals surface area contributed by atoms with Crippen molar-refractivity contribution in [3.8, 4) is 10.6 Å². The fourth-order valence-electron chi connectivity index (χ4n) is 1.76. The Hall–Kier alpha value is -1.86. The zero-order valence-electron chi connectivity index (χ0n) is 9.96. The van der Waals surface area contributed by atoms with Crippen molar-refractivity contribution in [3.05, 3.63) is 35.3 Å². The fraction of sp³-hybridized carbons (Fsp3) is 0.167. The van der Waals surface area contributed by atoms with Gasteiger partial charge in [-0.2, -0.15) is 0 Å². The van der Waals surface area contributed by atoms with Crippen LogP contribution in [-0.2, 0) is 11.2 Å². The normalized spacial score (nSPS) is 10.3. The summed E-state index contributed by atoms with van der Waals surface area (Å²) in [6.07, 6.45) is 0.302. The van der Waals surface area contributed by atoms with Gasteiger partial charge in [0.1, 0.15) is 0 Å². The molecule has 0 bridgehead atoms. The van der Waals surface area contributed by atoms with E-state index >= 15 is 0 Å². The van der Waals surface area contributed by atoms with Gasteiger partial charge in [0.2, 0.25) is 0 Å². The van der Waals surface area contributed by atoms with Gasteiger partial charge in [-0.3, -0.25) is 10.1 Å². The first kappa shape index (κ1) is 13.6. The molecule has 0 saturated carbocycles. The molecular formula is C12H12N3O2S2-. The summed E-state index contributed by atoms with van der Waals surface area (Å²) < 4.78 is 1.72. The van der Waals surface area contributed by atoms with Crippen LogP contribution in [0.15, 0.2) is 29.6 Å². The van der Waals surface area contributed by atoms with E-state index < -0.39 is 5.97 Å². The summed E-state index contributed by atoms with van der Waals surface area (Å²) in [5, 5.41) is 12.6. The predicted molar refractivity (Wildman–Crippen MR) is 77.2 cm³/mol. The highest BCUT2D eigenvalue weighted by Gasteiger charge is 2.11. The van der Waals surface area contributed by atoms with Gasteiger partial charge in [-0.15, -0.1) is 11.3 Å². The molecule has 2 aromatic heterocycles. The molecule has 2 rings (SSSR count). The topological polar surface area (TPSA) is 83.1 Å². The molecule has 2 aromatic rings. The van der Waals surface area contributed by atoms with Crippen molar-refractivity contribution in [1.82, 2.24) is 4.68 Å². The van der Waals surface area contributed by atoms with Gasteiger partial charge in [0.25, 0.3) is 0 Å². The molecule has 5 nitrogen and oxygen atoms in total. The van der Waals surface area contributed by atoms with Gasteiger partial charge in [-0.25, -0.2) is 0 Å². The molecule has 2 heterocycles. The van der Waals surface area contributed by atoms with Crippen molar-refractivity contribution < 1.29 is 9.90 Å². The van der Waals surface area contributed by atoms with Crippen LogP contribution >= 0.6 is 23.6 Å². The Morgan fingerprint density at radius 1 is 1.47 bits per heavy atom. The molecule has 7 heteroatoms. The molecule has 0 amide bonds. The van der Waals surface area contributed by atoms with Crippen LogP contribution in [0.1, 0.15) is 12.1 Å². The van der Waals surface area contributed by atoms with Gasteiger partial charge in [-0.05, 0) is 48.6 Å². The Morgan fingerprint density at radius 3 is 2.84 bits per heavy atom. The van der Waals surface area contributed by atoms with Crippen LogP contribution in [0.3, 0.4) is 0 Å². The smallest absolute Gasteiger partial charge is 0.183 e. The molecule has 0 aliphatic heterocycles. The standard InChI is InChI=1S/C12H13N3O2S2/c13-12(18)14-15-8(4-6-11(16)17)3-5-9(15)10-2-1-7-19-10/h1-3,5,7H,4,6H2,(H,16,17)(H3,13,14,18)/p-1. The van der Waals surface area contributed by atoms with Crippen molar-refractivity contribution in [3.63, 3.8) is 0 Å². The number of carbonyl (C=O) groups is 1. The summed E-state index contributed by atoms with van der Waals surface area (Å²) in [5.74, 6) is -1.08. The number of carboxylic acids is 1. The minimum Gasteiger partial charge on any atom is -0.550 e. The maximum atomic E-state index is 10.6. The van der Waals surface area contributed by atoms with Crippen molar-refractivity contribution in [1.29, 1.82) is 0 Å². The highest BCUT2D eigenvalue weighted by atomic mass is 32.1. The van der Waals surface area contributed by atoms with Crippen LogP contribution in [-0.4, -0.2) is 15.8 Å². The van der Waals surface area contributed by atoms with Gasteiger partial charge in [0.05, 0.1) is 10.6 Å². The predicted octanol–water partition coefficient (Wildman–Crippen LogP) is 0.686. The van der Waals surface area contributed by atoms with E-state index in [0.29, 0.717) is 6.42 Å². The molecule has 0 aromatic carbocycles. The van der Waals surface area contributed by atoms with E-state index in [1.54, 1.807) is 16.0 Å². The lowest BCUT2D eigenvalue weighted by Gasteiger charge is -2.14. The van der Waals surface area contributed by atoms with E-state index in [1.165, 1.54) is 0 Å². The Morgan fingerprint density at radius 2 is 2.26 bits per heavy atom. The molecule has 0 aliphatic carbocycles. The number of thiocarbonyl (C=S) groups is 1. The summed E-state index contributed by atoms with van der Waals surface area (Å²) in [6.45, 7) is 0. The number of carbonyl (C=O) groups excluding carboxylic acids is 1. The van der Waals surface area contributed by atoms with Crippen molar-refractivity contribution >= 4 is 34.6 Å². The lowest BCUT2D eigenvalue weighted by Crippen LogP contribution is -2.30. The summed E-state index contributed by atoms with van der Waals surface area (Å²) >= 11 is 6.43. The van der Waals surface area contributed by atoms with Gasteiger partial charge < -0.3 is 15.6 Å². The number of aryl methyl sites for hydroxylation is 1. The lowest BCUT2D eigenvalue weighted by molar-refractivity contribution is -0.305. The minimum absolute atomic E-state index is 0.0487. The van der Waals surface area contributed by atoms with E-state index in [0.717, 1.165) is 16.3 Å². The third kappa shape index (κ3) is 3.33. The first-order valence-electron chi connectivity index (χ1n) is 5.58. The number of hydrogen-bond acceptors (Lipinski definition) is 4. The average molecular weight is 294 g/mol. The van der Waals surface area contributed by atoms with Gasteiger partial charge >= 0.3 is 0 Å². The molecule has 0 saturated heterocycles. The molecule has 0 radical (unpaired) electrons. The third-order valence-corrected chi connectivity index (χ3v) is 3.53. The maximum Gasteiger partial charge on any atom is 0.183 e. The first-order valence-corrected chi connectivity index (χ1v) is 6.87. The number of rotatable bonds is 5. The second-order valence-corrected chi connectivity index (χ2v) is 5.26. The molecular weight excluding hydrogens is 282 g/mol. The summed E-state index contributed by atoms with van der Waals surface area (Å²) in [7, 11) is 0. The lowest BCUT2D eigenvalue weighted by atomic mass is 10.2. The van der Waals surface area contributed by atoms with E-state index in [-0.39, 0.29) is 11.5 Å². The molecule has 0 aliphatic rings. The third-order valence-electron chi connectivity index (χ3n) is 2.54. The second kappa shape index (κ2) is 5.85. The molecule has 0 atom stereocenters. The van der Waals surface area contributed by atoms with E-state index in [2.05, 4.69) is 5.43 Å². The molecule has 0 fully saturated rings. The molecule has 100 valence electrons. The second-order valence-electron chi connectivity index (χ2n) is 3.87. The van der Waals surface area contributed by atoms with Gasteiger partial charge in [0, 0.05) is 11.7 Å². The zero-order chi connectivity index (χ0) is 13.8. The van der Waals surface area contributed by atoms with Crippen molar-refractivity contribution in [2.45, 2.75) is 12.8 Å². The summed E-state index contributed by atoms with van der Waals surface area (Å²) in [6, 6.07) is 7.67. The van der Waals surface area contributed by atoms with Gasteiger partial charge in [0.15, 0.2) is 5.11 Å². The highest BCUT2D eigenvalue weighted by Crippen LogP contribution is 2.26.